The number of carbonyl (C=O) groups excluding carboxylic acids is 1. The standard InChI is InChI=1S/C20H27N3O4S/c1-13(19(24)23(2)15-8-6-5-7-9-15)28-20-22-21-18(27-20)14-10-16(25-3)12-17(11-14)26-4/h10-13,15H,5-9H2,1-4H3/t13-/m1/s1. The summed E-state index contributed by atoms with van der Waals surface area (Å²) >= 11 is 1.29. The van der Waals surface area contributed by atoms with Gasteiger partial charge in [0, 0.05) is 24.7 Å². The molecule has 0 unspecified atom stereocenters. The Kier molecular flexibility index (Phi) is 6.83. The summed E-state index contributed by atoms with van der Waals surface area (Å²) in [4.78, 5) is 14.7. The quantitative estimate of drug-likeness (QED) is 0.644. The molecule has 7 nitrogen and oxygen atoms in total. The summed E-state index contributed by atoms with van der Waals surface area (Å²) in [5.74, 6) is 1.73. The van der Waals surface area contributed by atoms with E-state index in [9.17, 15) is 4.79 Å². The average Bonchev–Trinajstić information content (AvgIpc) is 3.21. The first-order valence-corrected chi connectivity index (χ1v) is 10.4. The maximum atomic E-state index is 12.8. The number of amides is 1. The van der Waals surface area contributed by atoms with E-state index in [-0.39, 0.29) is 11.2 Å². The second kappa shape index (κ2) is 9.32. The van der Waals surface area contributed by atoms with Gasteiger partial charge in [-0.15, -0.1) is 10.2 Å². The molecule has 1 aromatic heterocycles. The fraction of sp³-hybridized carbons (Fsp3) is 0.550. The highest BCUT2D eigenvalue weighted by Gasteiger charge is 2.27. The number of ether oxygens (including phenoxy) is 2. The van der Waals surface area contributed by atoms with Crippen molar-refractivity contribution >= 4 is 17.7 Å². The van der Waals surface area contributed by atoms with Crippen molar-refractivity contribution in [2.45, 2.75) is 55.5 Å². The molecule has 1 atom stereocenters. The molecule has 1 aliphatic carbocycles. The molecule has 28 heavy (non-hydrogen) atoms. The van der Waals surface area contributed by atoms with Crippen LogP contribution in [0, 0.1) is 0 Å². The Morgan fingerprint density at radius 1 is 1.14 bits per heavy atom. The predicted molar refractivity (Wildman–Crippen MR) is 108 cm³/mol. The lowest BCUT2D eigenvalue weighted by molar-refractivity contribution is -0.131. The van der Waals surface area contributed by atoms with Crippen LogP contribution < -0.4 is 9.47 Å². The van der Waals surface area contributed by atoms with Crippen molar-refractivity contribution in [2.24, 2.45) is 0 Å². The van der Waals surface area contributed by atoms with E-state index >= 15 is 0 Å². The third-order valence-electron chi connectivity index (χ3n) is 5.10. The van der Waals surface area contributed by atoms with Crippen molar-refractivity contribution in [1.29, 1.82) is 0 Å². The lowest BCUT2D eigenvalue weighted by atomic mass is 9.94. The van der Waals surface area contributed by atoms with Crippen molar-refractivity contribution < 1.29 is 18.7 Å². The Balaban J connectivity index is 1.67. The van der Waals surface area contributed by atoms with Gasteiger partial charge in [-0.05, 0) is 31.9 Å². The summed E-state index contributed by atoms with van der Waals surface area (Å²) in [6.45, 7) is 1.88. The van der Waals surface area contributed by atoms with Gasteiger partial charge in [-0.3, -0.25) is 4.79 Å². The molecular formula is C20H27N3O4S. The second-order valence-electron chi connectivity index (χ2n) is 6.98. The molecule has 1 fully saturated rings. The van der Waals surface area contributed by atoms with E-state index in [0.717, 1.165) is 12.8 Å². The van der Waals surface area contributed by atoms with Crippen molar-refractivity contribution in [3.05, 3.63) is 18.2 Å². The van der Waals surface area contributed by atoms with Gasteiger partial charge in [0.1, 0.15) is 11.5 Å². The Morgan fingerprint density at radius 2 is 1.79 bits per heavy atom. The van der Waals surface area contributed by atoms with Gasteiger partial charge in [-0.1, -0.05) is 31.0 Å². The summed E-state index contributed by atoms with van der Waals surface area (Å²) in [6, 6.07) is 5.72. The molecule has 0 spiro atoms. The van der Waals surface area contributed by atoms with E-state index in [4.69, 9.17) is 13.9 Å². The molecule has 1 amide bonds. The number of carbonyl (C=O) groups is 1. The van der Waals surface area contributed by atoms with Gasteiger partial charge in [0.2, 0.25) is 11.8 Å². The summed E-state index contributed by atoms with van der Waals surface area (Å²) in [6.07, 6.45) is 5.83. The molecule has 2 aromatic rings. The van der Waals surface area contributed by atoms with E-state index in [0.29, 0.717) is 34.2 Å². The van der Waals surface area contributed by atoms with Crippen LogP contribution in [0.4, 0.5) is 0 Å². The van der Waals surface area contributed by atoms with E-state index in [1.54, 1.807) is 32.4 Å². The first kappa shape index (κ1) is 20.5. The minimum Gasteiger partial charge on any atom is -0.497 e. The molecule has 0 saturated heterocycles. The molecule has 152 valence electrons. The molecular weight excluding hydrogens is 378 g/mol. The van der Waals surface area contributed by atoms with Crippen molar-refractivity contribution in [1.82, 2.24) is 15.1 Å². The number of benzene rings is 1. The summed E-state index contributed by atoms with van der Waals surface area (Å²) in [7, 11) is 5.07. The average molecular weight is 406 g/mol. The molecule has 3 rings (SSSR count). The number of rotatable bonds is 7. The van der Waals surface area contributed by atoms with Crippen molar-refractivity contribution in [3.8, 4) is 23.0 Å². The van der Waals surface area contributed by atoms with Crippen LogP contribution in [-0.4, -0.2) is 53.6 Å². The monoisotopic (exact) mass is 405 g/mol. The largest absolute Gasteiger partial charge is 0.497 e. The Hall–Kier alpha value is -2.22. The molecule has 0 radical (unpaired) electrons. The number of hydrogen-bond donors (Lipinski definition) is 0. The second-order valence-corrected chi connectivity index (χ2v) is 8.27. The van der Waals surface area contributed by atoms with E-state index in [1.165, 1.54) is 31.0 Å². The topological polar surface area (TPSA) is 77.7 Å². The van der Waals surface area contributed by atoms with Crippen molar-refractivity contribution in [2.75, 3.05) is 21.3 Å². The Bertz CT molecular complexity index is 782. The van der Waals surface area contributed by atoms with Crippen LogP contribution in [0.1, 0.15) is 39.0 Å². The molecule has 0 N–H and O–H groups in total. The maximum absolute atomic E-state index is 12.8. The lowest BCUT2D eigenvalue weighted by Crippen LogP contribution is -2.42. The Labute approximate surface area is 169 Å². The van der Waals surface area contributed by atoms with Gasteiger partial charge in [-0.2, -0.15) is 0 Å². The van der Waals surface area contributed by atoms with E-state index < -0.39 is 0 Å². The zero-order valence-electron chi connectivity index (χ0n) is 16.8. The fourth-order valence-corrected chi connectivity index (χ4v) is 4.23. The molecule has 8 heteroatoms. The zero-order valence-corrected chi connectivity index (χ0v) is 17.6. The number of hydrogen-bond acceptors (Lipinski definition) is 7. The SMILES string of the molecule is COc1cc(OC)cc(-c2nnc(S[C@H](C)C(=O)N(C)C3CCCCC3)o2)c1. The predicted octanol–water partition coefficient (Wildman–Crippen LogP) is 4.03. The van der Waals surface area contributed by atoms with Crippen LogP contribution in [0.5, 0.6) is 11.5 Å². The molecule has 1 aliphatic rings. The van der Waals surface area contributed by atoms with Crippen LogP contribution in [-0.2, 0) is 4.79 Å². The van der Waals surface area contributed by atoms with Crippen molar-refractivity contribution in [3.63, 3.8) is 0 Å². The minimum absolute atomic E-state index is 0.0969. The van der Waals surface area contributed by atoms with Crippen LogP contribution in [0.15, 0.2) is 27.8 Å². The minimum atomic E-state index is -0.292. The zero-order chi connectivity index (χ0) is 20.1. The van der Waals surface area contributed by atoms with Gasteiger partial charge in [0.15, 0.2) is 0 Å². The first-order valence-electron chi connectivity index (χ1n) is 9.52. The number of nitrogens with zero attached hydrogens (tertiary/aromatic N) is 3. The summed E-state index contributed by atoms with van der Waals surface area (Å²) < 4.78 is 16.3. The molecule has 0 bridgehead atoms. The normalized spacial score (nSPS) is 15.9. The van der Waals surface area contributed by atoms with Crippen LogP contribution in [0.25, 0.3) is 11.5 Å². The highest BCUT2D eigenvalue weighted by molar-refractivity contribution is 8.00. The number of thioether (sulfide) groups is 1. The first-order chi connectivity index (χ1) is 13.5. The molecule has 1 saturated carbocycles. The number of aromatic nitrogens is 2. The maximum Gasteiger partial charge on any atom is 0.277 e. The van der Waals surface area contributed by atoms with E-state index in [2.05, 4.69) is 10.2 Å². The van der Waals surface area contributed by atoms with Gasteiger partial charge in [0.05, 0.1) is 19.5 Å². The number of methoxy groups -OCH3 is 2. The molecule has 1 heterocycles. The van der Waals surface area contributed by atoms with Gasteiger partial charge < -0.3 is 18.8 Å². The highest BCUT2D eigenvalue weighted by Crippen LogP contribution is 2.32. The van der Waals surface area contributed by atoms with Gasteiger partial charge in [0.25, 0.3) is 5.22 Å². The Morgan fingerprint density at radius 3 is 2.39 bits per heavy atom. The van der Waals surface area contributed by atoms with Crippen LogP contribution >= 0.6 is 11.8 Å². The fourth-order valence-electron chi connectivity index (χ4n) is 3.44. The van der Waals surface area contributed by atoms with Gasteiger partial charge >= 0.3 is 0 Å². The third kappa shape index (κ3) is 4.79. The highest BCUT2D eigenvalue weighted by atomic mass is 32.2. The summed E-state index contributed by atoms with van der Waals surface area (Å²) in [5.41, 5.74) is 0.703. The third-order valence-corrected chi connectivity index (χ3v) is 6.02. The smallest absolute Gasteiger partial charge is 0.277 e. The molecule has 1 aromatic carbocycles. The summed E-state index contributed by atoms with van der Waals surface area (Å²) in [5, 5.41) is 8.28. The van der Waals surface area contributed by atoms with Crippen LogP contribution in [0.2, 0.25) is 0 Å². The van der Waals surface area contributed by atoms with E-state index in [1.807, 2.05) is 18.9 Å². The lowest BCUT2D eigenvalue weighted by Gasteiger charge is -2.32. The van der Waals surface area contributed by atoms with Crippen LogP contribution in [0.3, 0.4) is 0 Å². The van der Waals surface area contributed by atoms with Gasteiger partial charge in [-0.25, -0.2) is 0 Å². The molecule has 0 aliphatic heterocycles.